The van der Waals surface area contributed by atoms with E-state index in [2.05, 4.69) is 4.72 Å². The van der Waals surface area contributed by atoms with Crippen molar-refractivity contribution in [1.29, 1.82) is 0 Å². The van der Waals surface area contributed by atoms with Crippen molar-refractivity contribution in [1.82, 2.24) is 0 Å². The lowest BCUT2D eigenvalue weighted by Crippen LogP contribution is -2.14. The molecule has 1 N–H and O–H groups in total. The van der Waals surface area contributed by atoms with E-state index in [1.807, 2.05) is 0 Å². The number of nitrogens with one attached hydrogen (secondary N) is 1. The van der Waals surface area contributed by atoms with Crippen molar-refractivity contribution in [2.45, 2.75) is 4.90 Å². The summed E-state index contributed by atoms with van der Waals surface area (Å²) in [6.07, 6.45) is 0. The number of benzene rings is 3. The van der Waals surface area contributed by atoms with Crippen LogP contribution in [0.25, 0.3) is 10.8 Å². The van der Waals surface area contributed by atoms with Gasteiger partial charge >= 0.3 is 0 Å². The van der Waals surface area contributed by atoms with E-state index in [0.717, 1.165) is 17.5 Å². The first-order chi connectivity index (χ1) is 11.4. The highest BCUT2D eigenvalue weighted by Crippen LogP contribution is 2.25. The van der Waals surface area contributed by atoms with E-state index in [-0.39, 0.29) is 10.6 Å². The Morgan fingerprint density at radius 1 is 0.917 bits per heavy atom. The average molecular weight is 349 g/mol. The Balaban J connectivity index is 1.98. The largest absolute Gasteiger partial charge is 0.497 e. The number of methoxy groups -OCH3 is 1. The number of halogens is 2. The summed E-state index contributed by atoms with van der Waals surface area (Å²) < 4.78 is 58.6. The molecule has 3 rings (SSSR count). The van der Waals surface area contributed by atoms with Crippen LogP contribution in [0.4, 0.5) is 14.5 Å². The van der Waals surface area contributed by atoms with Crippen LogP contribution in [0.1, 0.15) is 0 Å². The van der Waals surface area contributed by atoms with Gasteiger partial charge in [0.2, 0.25) is 0 Å². The van der Waals surface area contributed by atoms with Crippen molar-refractivity contribution < 1.29 is 21.9 Å². The van der Waals surface area contributed by atoms with Gasteiger partial charge in [-0.05, 0) is 47.2 Å². The summed E-state index contributed by atoms with van der Waals surface area (Å²) in [6, 6.07) is 12.4. The Bertz CT molecular complexity index is 1020. The van der Waals surface area contributed by atoms with E-state index >= 15 is 0 Å². The molecule has 0 unspecified atom stereocenters. The van der Waals surface area contributed by atoms with E-state index < -0.39 is 21.7 Å². The van der Waals surface area contributed by atoms with Crippen LogP contribution in [-0.4, -0.2) is 15.5 Å². The fourth-order valence-corrected chi connectivity index (χ4v) is 3.37. The van der Waals surface area contributed by atoms with Crippen LogP contribution in [0.15, 0.2) is 59.5 Å². The quantitative estimate of drug-likeness (QED) is 0.776. The Labute approximate surface area is 137 Å². The minimum absolute atomic E-state index is 0.0242. The molecule has 0 spiro atoms. The minimum atomic E-state index is -4.00. The Morgan fingerprint density at radius 2 is 1.62 bits per heavy atom. The average Bonchev–Trinajstić information content (AvgIpc) is 2.56. The van der Waals surface area contributed by atoms with Crippen LogP contribution in [0.2, 0.25) is 0 Å². The molecule has 124 valence electrons. The molecule has 0 bridgehead atoms. The number of sulfonamides is 1. The fraction of sp³-hybridized carbons (Fsp3) is 0.0588. The van der Waals surface area contributed by atoms with Gasteiger partial charge in [0, 0.05) is 6.07 Å². The summed E-state index contributed by atoms with van der Waals surface area (Å²) in [4.78, 5) is -0.0242. The molecule has 3 aromatic carbocycles. The highest BCUT2D eigenvalue weighted by atomic mass is 32.2. The number of rotatable bonds is 4. The van der Waals surface area contributed by atoms with Gasteiger partial charge in [-0.1, -0.05) is 12.1 Å². The van der Waals surface area contributed by atoms with Crippen LogP contribution >= 0.6 is 0 Å². The summed E-state index contributed by atoms with van der Waals surface area (Å²) in [6.45, 7) is 0. The number of hydrogen-bond donors (Lipinski definition) is 1. The number of ether oxygens (including phenoxy) is 1. The number of hydrogen-bond acceptors (Lipinski definition) is 3. The first-order valence-corrected chi connectivity index (χ1v) is 8.43. The van der Waals surface area contributed by atoms with E-state index in [9.17, 15) is 17.2 Å². The van der Waals surface area contributed by atoms with Gasteiger partial charge < -0.3 is 4.74 Å². The molecule has 0 amide bonds. The monoisotopic (exact) mass is 349 g/mol. The summed E-state index contributed by atoms with van der Waals surface area (Å²) in [5.41, 5.74) is -0.314. The third kappa shape index (κ3) is 3.16. The Morgan fingerprint density at radius 3 is 2.33 bits per heavy atom. The number of fused-ring (bicyclic) bond motifs is 1. The van der Waals surface area contributed by atoms with Gasteiger partial charge in [0.15, 0.2) is 0 Å². The molecule has 7 heteroatoms. The van der Waals surface area contributed by atoms with Gasteiger partial charge in [-0.15, -0.1) is 0 Å². The van der Waals surface area contributed by atoms with Gasteiger partial charge in [0.05, 0.1) is 17.7 Å². The molecule has 0 atom stereocenters. The van der Waals surface area contributed by atoms with Crippen LogP contribution in [0.3, 0.4) is 0 Å². The third-order valence-corrected chi connectivity index (χ3v) is 4.87. The molecule has 24 heavy (non-hydrogen) atoms. The first-order valence-electron chi connectivity index (χ1n) is 6.95. The maximum absolute atomic E-state index is 13.7. The molecular formula is C17H13F2NO3S. The maximum Gasteiger partial charge on any atom is 0.262 e. The fourth-order valence-electron chi connectivity index (χ4n) is 2.27. The second-order valence-corrected chi connectivity index (χ2v) is 6.79. The second-order valence-electron chi connectivity index (χ2n) is 5.10. The van der Waals surface area contributed by atoms with Gasteiger partial charge in [-0.25, -0.2) is 17.2 Å². The minimum Gasteiger partial charge on any atom is -0.497 e. The zero-order chi connectivity index (χ0) is 17.3. The van der Waals surface area contributed by atoms with Gasteiger partial charge in [-0.2, -0.15) is 0 Å². The molecule has 0 saturated heterocycles. The van der Waals surface area contributed by atoms with Crippen LogP contribution in [0.5, 0.6) is 5.75 Å². The standard InChI is InChI=1S/C17H13F2NO3S/c1-23-14-5-2-12-9-15(6-3-11(12)8-14)24(21,22)20-17-7-4-13(18)10-16(17)19/h2-10,20H,1H3. The number of anilines is 1. The maximum atomic E-state index is 13.7. The summed E-state index contributed by atoms with van der Waals surface area (Å²) in [5, 5.41) is 1.50. The Hall–Kier alpha value is -2.67. The lowest BCUT2D eigenvalue weighted by Gasteiger charge is -2.10. The van der Waals surface area contributed by atoms with Crippen LogP contribution in [-0.2, 0) is 10.0 Å². The van der Waals surface area contributed by atoms with E-state index in [4.69, 9.17) is 4.74 Å². The zero-order valence-electron chi connectivity index (χ0n) is 12.6. The third-order valence-electron chi connectivity index (χ3n) is 3.50. The van der Waals surface area contributed by atoms with E-state index in [1.165, 1.54) is 12.1 Å². The Kier molecular flexibility index (Phi) is 4.11. The molecule has 0 aliphatic heterocycles. The van der Waals surface area contributed by atoms with E-state index in [1.54, 1.807) is 31.4 Å². The molecule has 0 heterocycles. The molecule has 0 fully saturated rings. The molecule has 4 nitrogen and oxygen atoms in total. The van der Waals surface area contributed by atoms with Gasteiger partial charge in [0.25, 0.3) is 10.0 Å². The molecule has 0 aliphatic rings. The van der Waals surface area contributed by atoms with Crippen molar-refractivity contribution in [3.63, 3.8) is 0 Å². The van der Waals surface area contributed by atoms with Crippen LogP contribution < -0.4 is 9.46 Å². The zero-order valence-corrected chi connectivity index (χ0v) is 13.4. The van der Waals surface area contributed by atoms with Gasteiger partial charge in [-0.3, -0.25) is 4.72 Å². The van der Waals surface area contributed by atoms with Crippen molar-refractivity contribution >= 4 is 26.5 Å². The predicted octanol–water partition coefficient (Wildman–Crippen LogP) is 3.93. The first kappa shape index (κ1) is 16.2. The van der Waals surface area contributed by atoms with Crippen molar-refractivity contribution in [2.75, 3.05) is 11.8 Å². The molecule has 0 radical (unpaired) electrons. The van der Waals surface area contributed by atoms with Crippen molar-refractivity contribution in [3.8, 4) is 5.75 Å². The second kappa shape index (κ2) is 6.09. The molecule has 0 aliphatic carbocycles. The summed E-state index contributed by atoms with van der Waals surface area (Å²) in [7, 11) is -2.46. The highest BCUT2D eigenvalue weighted by molar-refractivity contribution is 7.92. The summed E-state index contributed by atoms with van der Waals surface area (Å²) >= 11 is 0. The molecule has 0 aromatic heterocycles. The molecular weight excluding hydrogens is 336 g/mol. The van der Waals surface area contributed by atoms with Crippen LogP contribution in [0, 0.1) is 11.6 Å². The smallest absolute Gasteiger partial charge is 0.262 e. The lowest BCUT2D eigenvalue weighted by molar-refractivity contribution is 0.415. The molecule has 3 aromatic rings. The summed E-state index contributed by atoms with van der Waals surface area (Å²) in [5.74, 6) is -1.11. The van der Waals surface area contributed by atoms with Crippen molar-refractivity contribution in [3.05, 3.63) is 66.2 Å². The van der Waals surface area contributed by atoms with Gasteiger partial charge in [0.1, 0.15) is 17.4 Å². The van der Waals surface area contributed by atoms with E-state index in [0.29, 0.717) is 17.2 Å². The molecule has 0 saturated carbocycles. The topological polar surface area (TPSA) is 55.4 Å². The SMILES string of the molecule is COc1ccc2cc(S(=O)(=O)Nc3ccc(F)cc3F)ccc2c1. The van der Waals surface area contributed by atoms with Crippen molar-refractivity contribution in [2.24, 2.45) is 0 Å². The lowest BCUT2D eigenvalue weighted by atomic mass is 10.1. The normalized spacial score (nSPS) is 11.5. The highest BCUT2D eigenvalue weighted by Gasteiger charge is 2.17. The predicted molar refractivity (Wildman–Crippen MR) is 87.7 cm³/mol.